The van der Waals surface area contributed by atoms with Gasteiger partial charge in [0.1, 0.15) is 0 Å². The first kappa shape index (κ1) is 20.3. The van der Waals surface area contributed by atoms with Crippen LogP contribution >= 0.6 is 11.8 Å². The quantitative estimate of drug-likeness (QED) is 0.327. The number of benzene rings is 2. The molecule has 8 heteroatoms. The van der Waals surface area contributed by atoms with Gasteiger partial charge in [-0.15, -0.1) is 18.3 Å². The number of carbonyl (C=O) groups excluding carboxylic acids is 4. The van der Waals surface area contributed by atoms with E-state index in [1.807, 2.05) is 24.5 Å². The van der Waals surface area contributed by atoms with Crippen molar-refractivity contribution in [3.63, 3.8) is 0 Å². The highest BCUT2D eigenvalue weighted by atomic mass is 32.2. The van der Waals surface area contributed by atoms with E-state index in [0.717, 1.165) is 9.80 Å². The molecule has 0 radical (unpaired) electrons. The molecule has 0 atom stereocenters. The summed E-state index contributed by atoms with van der Waals surface area (Å²) in [4.78, 5) is 50.9. The third-order valence-electron chi connectivity index (χ3n) is 4.21. The highest BCUT2D eigenvalue weighted by molar-refractivity contribution is 7.98. The topological polar surface area (TPSA) is 92.8 Å². The molecule has 0 saturated carbocycles. The Morgan fingerprint density at radius 2 is 1.90 bits per heavy atom. The van der Waals surface area contributed by atoms with E-state index in [9.17, 15) is 19.2 Å². The van der Waals surface area contributed by atoms with Gasteiger partial charge >= 0.3 is 5.97 Å². The van der Waals surface area contributed by atoms with Crippen molar-refractivity contribution >= 4 is 41.1 Å². The van der Waals surface area contributed by atoms with E-state index in [-0.39, 0.29) is 23.2 Å². The van der Waals surface area contributed by atoms with E-state index in [1.54, 1.807) is 17.8 Å². The Kier molecular flexibility index (Phi) is 6.13. The second kappa shape index (κ2) is 8.74. The zero-order chi connectivity index (χ0) is 21.0. The van der Waals surface area contributed by atoms with Crippen molar-refractivity contribution in [3.8, 4) is 0 Å². The summed E-state index contributed by atoms with van der Waals surface area (Å²) in [6.45, 7) is 3.13. The van der Waals surface area contributed by atoms with Gasteiger partial charge in [0, 0.05) is 17.1 Å². The summed E-state index contributed by atoms with van der Waals surface area (Å²) in [6.07, 6.45) is 3.37. The number of nitrogens with one attached hydrogen (secondary N) is 1. The van der Waals surface area contributed by atoms with Crippen LogP contribution in [-0.2, 0) is 9.53 Å². The average molecular weight is 410 g/mol. The average Bonchev–Trinajstić information content (AvgIpc) is 2.97. The number of hydrogen-bond donors (Lipinski definition) is 1. The van der Waals surface area contributed by atoms with E-state index in [0.29, 0.717) is 5.69 Å². The van der Waals surface area contributed by atoms with Crippen LogP contribution in [0.4, 0.5) is 5.69 Å². The number of nitrogens with zero attached hydrogens (tertiary/aromatic N) is 1. The van der Waals surface area contributed by atoms with Crippen LogP contribution in [0.1, 0.15) is 31.1 Å². The summed E-state index contributed by atoms with van der Waals surface area (Å²) in [5, 5.41) is 2.65. The van der Waals surface area contributed by atoms with Gasteiger partial charge in [0.2, 0.25) is 0 Å². The van der Waals surface area contributed by atoms with Crippen molar-refractivity contribution < 1.29 is 23.9 Å². The molecule has 0 fully saturated rings. The van der Waals surface area contributed by atoms with Gasteiger partial charge in [-0.1, -0.05) is 12.1 Å². The largest absolute Gasteiger partial charge is 0.452 e. The molecule has 1 heterocycles. The van der Waals surface area contributed by atoms with Crippen LogP contribution in [0.5, 0.6) is 0 Å². The predicted molar refractivity (Wildman–Crippen MR) is 109 cm³/mol. The van der Waals surface area contributed by atoms with Crippen LogP contribution in [-0.4, -0.2) is 48.0 Å². The first-order valence-electron chi connectivity index (χ1n) is 8.66. The van der Waals surface area contributed by atoms with Crippen molar-refractivity contribution in [2.24, 2.45) is 0 Å². The smallest absolute Gasteiger partial charge is 0.338 e. The SMILES string of the molecule is C=CCN1C(=O)c2ccc(C(=O)OCC(=O)Nc3cccc(SC)c3)cc2C1=O. The number of rotatable bonds is 7. The molecule has 1 aliphatic heterocycles. The van der Waals surface area contributed by atoms with Crippen molar-refractivity contribution in [3.05, 3.63) is 71.8 Å². The number of amides is 3. The summed E-state index contributed by atoms with van der Waals surface area (Å²) in [6, 6.07) is 11.4. The number of fused-ring (bicyclic) bond motifs is 1. The van der Waals surface area contributed by atoms with E-state index < -0.39 is 30.3 Å². The standard InChI is InChI=1S/C21H18N2O5S/c1-3-9-23-19(25)16-8-7-13(10-17(16)20(23)26)21(27)28-12-18(24)22-14-5-4-6-15(11-14)29-2/h3-8,10-11H,1,9,12H2,2H3,(H,22,24). The predicted octanol–water partition coefficient (Wildman–Crippen LogP) is 2.99. The molecule has 0 aliphatic carbocycles. The van der Waals surface area contributed by atoms with E-state index in [1.165, 1.54) is 24.3 Å². The molecule has 0 unspecified atom stereocenters. The van der Waals surface area contributed by atoms with Gasteiger partial charge < -0.3 is 10.1 Å². The highest BCUT2D eigenvalue weighted by Crippen LogP contribution is 2.24. The zero-order valence-corrected chi connectivity index (χ0v) is 16.5. The maximum atomic E-state index is 12.3. The lowest BCUT2D eigenvalue weighted by Crippen LogP contribution is -2.29. The molecule has 3 rings (SSSR count). The van der Waals surface area contributed by atoms with Crippen LogP contribution < -0.4 is 5.32 Å². The minimum Gasteiger partial charge on any atom is -0.452 e. The van der Waals surface area contributed by atoms with Crippen molar-refractivity contribution in [1.29, 1.82) is 0 Å². The second-order valence-electron chi connectivity index (χ2n) is 6.13. The van der Waals surface area contributed by atoms with Gasteiger partial charge in [0.25, 0.3) is 17.7 Å². The summed E-state index contributed by atoms with van der Waals surface area (Å²) in [5.74, 6) is -2.17. The molecule has 3 amide bonds. The van der Waals surface area contributed by atoms with Crippen LogP contribution in [0.2, 0.25) is 0 Å². The van der Waals surface area contributed by atoms with Gasteiger partial charge in [-0.3, -0.25) is 19.3 Å². The fourth-order valence-electron chi connectivity index (χ4n) is 2.82. The van der Waals surface area contributed by atoms with E-state index >= 15 is 0 Å². The lowest BCUT2D eigenvalue weighted by atomic mass is 10.1. The molecule has 2 aromatic rings. The summed E-state index contributed by atoms with van der Waals surface area (Å²) < 4.78 is 5.03. The molecule has 0 spiro atoms. The number of anilines is 1. The minimum atomic E-state index is -0.761. The number of ether oxygens (including phenoxy) is 1. The number of thioether (sulfide) groups is 1. The molecule has 1 N–H and O–H groups in total. The summed E-state index contributed by atoms with van der Waals surface area (Å²) in [5.41, 5.74) is 1.04. The fourth-order valence-corrected chi connectivity index (χ4v) is 3.28. The zero-order valence-electron chi connectivity index (χ0n) is 15.6. The molecule has 0 aromatic heterocycles. The lowest BCUT2D eigenvalue weighted by molar-refractivity contribution is -0.119. The monoisotopic (exact) mass is 410 g/mol. The van der Waals surface area contributed by atoms with Crippen LogP contribution in [0.15, 0.2) is 60.0 Å². The van der Waals surface area contributed by atoms with E-state index in [2.05, 4.69) is 11.9 Å². The van der Waals surface area contributed by atoms with Gasteiger partial charge in [-0.2, -0.15) is 0 Å². The Morgan fingerprint density at radius 3 is 2.62 bits per heavy atom. The molecule has 1 aliphatic rings. The number of carbonyl (C=O) groups is 4. The Bertz CT molecular complexity index is 1020. The van der Waals surface area contributed by atoms with Gasteiger partial charge in [-0.05, 0) is 42.7 Å². The fraction of sp³-hybridized carbons (Fsp3) is 0.143. The molecule has 148 valence electrons. The first-order valence-corrected chi connectivity index (χ1v) is 9.89. The lowest BCUT2D eigenvalue weighted by Gasteiger charge is -2.09. The van der Waals surface area contributed by atoms with E-state index in [4.69, 9.17) is 4.74 Å². The minimum absolute atomic E-state index is 0.0857. The van der Waals surface area contributed by atoms with Gasteiger partial charge in [0.05, 0.1) is 16.7 Å². The van der Waals surface area contributed by atoms with Crippen LogP contribution in [0.3, 0.4) is 0 Å². The van der Waals surface area contributed by atoms with Crippen LogP contribution in [0.25, 0.3) is 0 Å². The van der Waals surface area contributed by atoms with Crippen LogP contribution in [0, 0.1) is 0 Å². The maximum Gasteiger partial charge on any atom is 0.338 e. The molecule has 0 bridgehead atoms. The summed E-state index contributed by atoms with van der Waals surface area (Å²) in [7, 11) is 0. The molecule has 29 heavy (non-hydrogen) atoms. The number of imide groups is 1. The Labute approximate surface area is 171 Å². The third-order valence-corrected chi connectivity index (χ3v) is 4.93. The van der Waals surface area contributed by atoms with Gasteiger partial charge in [-0.25, -0.2) is 4.79 Å². The number of hydrogen-bond acceptors (Lipinski definition) is 6. The maximum absolute atomic E-state index is 12.3. The Hall–Kier alpha value is -3.39. The first-order chi connectivity index (χ1) is 13.9. The normalized spacial score (nSPS) is 12.5. The van der Waals surface area contributed by atoms with Crippen molar-refractivity contribution in [2.45, 2.75) is 4.90 Å². The van der Waals surface area contributed by atoms with Gasteiger partial charge in [0.15, 0.2) is 6.61 Å². The van der Waals surface area contributed by atoms with Crippen molar-refractivity contribution in [2.75, 3.05) is 24.7 Å². The second-order valence-corrected chi connectivity index (χ2v) is 7.01. The summed E-state index contributed by atoms with van der Waals surface area (Å²) >= 11 is 1.54. The molecule has 2 aromatic carbocycles. The molecule has 7 nitrogen and oxygen atoms in total. The third kappa shape index (κ3) is 4.38. The molecule has 0 saturated heterocycles. The Morgan fingerprint density at radius 1 is 1.14 bits per heavy atom. The molecular weight excluding hydrogens is 392 g/mol. The van der Waals surface area contributed by atoms with Crippen molar-refractivity contribution in [1.82, 2.24) is 4.90 Å². The Balaban J connectivity index is 1.63. The molecular formula is C21H18N2O5S. The highest BCUT2D eigenvalue weighted by Gasteiger charge is 2.35. The number of esters is 1.